The maximum atomic E-state index is 14.2. The summed E-state index contributed by atoms with van der Waals surface area (Å²) < 4.78 is 15.7. The van der Waals surface area contributed by atoms with Gasteiger partial charge in [-0.3, -0.25) is 4.68 Å². The van der Waals surface area contributed by atoms with E-state index >= 15 is 0 Å². The fourth-order valence-electron chi connectivity index (χ4n) is 1.66. The van der Waals surface area contributed by atoms with E-state index in [2.05, 4.69) is 5.10 Å². The molecule has 0 saturated heterocycles. The van der Waals surface area contributed by atoms with Gasteiger partial charge < -0.3 is 5.73 Å². The Morgan fingerprint density at radius 2 is 2.20 bits per heavy atom. The standard InChI is InChI=1S/C10H17ClFN3/c1-6(2)7(4-13)9(12)10-8(11)5-14-15(10)3/h5-7,9H,4,13H2,1-3H3. The van der Waals surface area contributed by atoms with Crippen LogP contribution in [0.5, 0.6) is 0 Å². The summed E-state index contributed by atoms with van der Waals surface area (Å²) in [6.45, 7) is 4.21. The first kappa shape index (κ1) is 12.5. The van der Waals surface area contributed by atoms with Crippen molar-refractivity contribution >= 4 is 11.6 Å². The lowest BCUT2D eigenvalue weighted by atomic mass is 9.89. The summed E-state index contributed by atoms with van der Waals surface area (Å²) in [7, 11) is 1.68. The van der Waals surface area contributed by atoms with Crippen LogP contribution in [-0.2, 0) is 7.05 Å². The number of hydrogen-bond acceptors (Lipinski definition) is 2. The van der Waals surface area contributed by atoms with Crippen LogP contribution in [-0.4, -0.2) is 16.3 Å². The average Bonchev–Trinajstić information content (AvgIpc) is 2.46. The molecule has 0 amide bonds. The molecule has 1 rings (SSSR count). The van der Waals surface area contributed by atoms with E-state index in [9.17, 15) is 4.39 Å². The van der Waals surface area contributed by atoms with Gasteiger partial charge in [0.2, 0.25) is 0 Å². The molecule has 0 aliphatic heterocycles. The quantitative estimate of drug-likeness (QED) is 0.868. The molecule has 0 aliphatic rings. The molecule has 0 aromatic carbocycles. The summed E-state index contributed by atoms with van der Waals surface area (Å²) in [5.74, 6) is -0.0473. The summed E-state index contributed by atoms with van der Waals surface area (Å²) in [5.41, 5.74) is 5.99. The zero-order valence-corrected chi connectivity index (χ0v) is 10.0. The monoisotopic (exact) mass is 233 g/mol. The molecule has 1 heterocycles. The van der Waals surface area contributed by atoms with E-state index in [-0.39, 0.29) is 11.8 Å². The van der Waals surface area contributed by atoms with Gasteiger partial charge in [-0.2, -0.15) is 5.10 Å². The van der Waals surface area contributed by atoms with Gasteiger partial charge >= 0.3 is 0 Å². The number of rotatable bonds is 4. The molecule has 15 heavy (non-hydrogen) atoms. The number of aryl methyl sites for hydroxylation is 1. The molecule has 2 atom stereocenters. The van der Waals surface area contributed by atoms with Gasteiger partial charge in [0, 0.05) is 13.0 Å². The molecule has 5 heteroatoms. The van der Waals surface area contributed by atoms with Gasteiger partial charge in [-0.25, -0.2) is 4.39 Å². The van der Waals surface area contributed by atoms with Crippen LogP contribution < -0.4 is 5.73 Å². The summed E-state index contributed by atoms with van der Waals surface area (Å²) in [6.07, 6.45) is 0.298. The van der Waals surface area contributed by atoms with Gasteiger partial charge in [0.05, 0.1) is 16.9 Å². The van der Waals surface area contributed by atoms with Crippen molar-refractivity contribution in [3.05, 3.63) is 16.9 Å². The zero-order valence-electron chi connectivity index (χ0n) is 9.24. The number of nitrogens with two attached hydrogens (primary N) is 1. The van der Waals surface area contributed by atoms with Crippen LogP contribution in [0.25, 0.3) is 0 Å². The Kier molecular flexibility index (Phi) is 4.11. The summed E-state index contributed by atoms with van der Waals surface area (Å²) in [5, 5.41) is 4.28. The van der Waals surface area contributed by atoms with E-state index in [0.717, 1.165) is 0 Å². The highest BCUT2D eigenvalue weighted by atomic mass is 35.5. The maximum Gasteiger partial charge on any atom is 0.147 e. The van der Waals surface area contributed by atoms with E-state index in [1.54, 1.807) is 7.05 Å². The predicted molar refractivity (Wildman–Crippen MR) is 59.4 cm³/mol. The highest BCUT2D eigenvalue weighted by molar-refractivity contribution is 6.31. The Labute approximate surface area is 94.4 Å². The second-order valence-corrected chi connectivity index (χ2v) is 4.45. The Morgan fingerprint density at radius 3 is 2.53 bits per heavy atom. The molecule has 3 nitrogen and oxygen atoms in total. The van der Waals surface area contributed by atoms with E-state index in [4.69, 9.17) is 17.3 Å². The molecule has 86 valence electrons. The van der Waals surface area contributed by atoms with Crippen molar-refractivity contribution in [3.8, 4) is 0 Å². The molecule has 0 spiro atoms. The van der Waals surface area contributed by atoms with Gasteiger partial charge in [-0.05, 0) is 12.5 Å². The van der Waals surface area contributed by atoms with Crippen LogP contribution in [0.3, 0.4) is 0 Å². The SMILES string of the molecule is CC(C)C(CN)C(F)c1c(Cl)cnn1C. The van der Waals surface area contributed by atoms with Gasteiger partial charge in [0.1, 0.15) is 6.17 Å². The zero-order chi connectivity index (χ0) is 11.6. The second kappa shape index (κ2) is 4.94. The molecule has 0 fully saturated rings. The second-order valence-electron chi connectivity index (χ2n) is 4.05. The highest BCUT2D eigenvalue weighted by Crippen LogP contribution is 2.34. The Morgan fingerprint density at radius 1 is 1.60 bits per heavy atom. The van der Waals surface area contributed by atoms with Crippen molar-refractivity contribution in [3.63, 3.8) is 0 Å². The van der Waals surface area contributed by atoms with Gasteiger partial charge in [-0.1, -0.05) is 25.4 Å². The first-order valence-corrected chi connectivity index (χ1v) is 5.38. The topological polar surface area (TPSA) is 43.8 Å². The Bertz CT molecular complexity index is 305. The number of nitrogens with zero attached hydrogens (tertiary/aromatic N) is 2. The first-order chi connectivity index (χ1) is 6.99. The van der Waals surface area contributed by atoms with Crippen molar-refractivity contribution in [2.45, 2.75) is 20.0 Å². The minimum Gasteiger partial charge on any atom is -0.330 e. The van der Waals surface area contributed by atoms with Crippen LogP contribution in [0.4, 0.5) is 4.39 Å². The fourth-order valence-corrected chi connectivity index (χ4v) is 1.93. The van der Waals surface area contributed by atoms with E-state index in [1.807, 2.05) is 13.8 Å². The van der Waals surface area contributed by atoms with E-state index in [1.165, 1.54) is 10.9 Å². The Balaban J connectivity index is 2.97. The number of alkyl halides is 1. The third kappa shape index (κ3) is 2.49. The van der Waals surface area contributed by atoms with Crippen molar-refractivity contribution in [2.75, 3.05) is 6.54 Å². The highest BCUT2D eigenvalue weighted by Gasteiger charge is 2.28. The summed E-state index contributed by atoms with van der Waals surface area (Å²) in [4.78, 5) is 0. The molecule has 2 unspecified atom stereocenters. The Hall–Kier alpha value is -0.610. The summed E-state index contributed by atoms with van der Waals surface area (Å²) in [6, 6.07) is 0. The third-order valence-corrected chi connectivity index (χ3v) is 2.99. The van der Waals surface area contributed by atoms with E-state index in [0.29, 0.717) is 17.3 Å². The van der Waals surface area contributed by atoms with Crippen molar-refractivity contribution in [2.24, 2.45) is 24.6 Å². The molecule has 1 aromatic rings. The largest absolute Gasteiger partial charge is 0.330 e. The van der Waals surface area contributed by atoms with Crippen LogP contribution in [0.1, 0.15) is 25.7 Å². The lowest BCUT2D eigenvalue weighted by molar-refractivity contribution is 0.179. The molecule has 1 aromatic heterocycles. The van der Waals surface area contributed by atoms with Crippen LogP contribution in [0.2, 0.25) is 5.02 Å². The third-order valence-electron chi connectivity index (χ3n) is 2.70. The minimum atomic E-state index is -1.16. The fraction of sp³-hybridized carbons (Fsp3) is 0.700. The molecule has 0 saturated carbocycles. The molecule has 0 radical (unpaired) electrons. The smallest absolute Gasteiger partial charge is 0.147 e. The lowest BCUT2D eigenvalue weighted by Gasteiger charge is -2.23. The van der Waals surface area contributed by atoms with Gasteiger partial charge in [-0.15, -0.1) is 0 Å². The van der Waals surface area contributed by atoms with Crippen LogP contribution in [0.15, 0.2) is 6.20 Å². The van der Waals surface area contributed by atoms with Crippen molar-refractivity contribution < 1.29 is 4.39 Å². The van der Waals surface area contributed by atoms with Crippen LogP contribution >= 0.6 is 11.6 Å². The predicted octanol–water partition coefficient (Wildman–Crippen LogP) is 2.32. The molecule has 0 bridgehead atoms. The van der Waals surface area contributed by atoms with Gasteiger partial charge in [0.25, 0.3) is 0 Å². The molecular formula is C10H17ClFN3. The van der Waals surface area contributed by atoms with Crippen molar-refractivity contribution in [1.29, 1.82) is 0 Å². The van der Waals surface area contributed by atoms with Crippen molar-refractivity contribution in [1.82, 2.24) is 9.78 Å². The normalized spacial score (nSPS) is 15.7. The van der Waals surface area contributed by atoms with Crippen LogP contribution in [0, 0.1) is 11.8 Å². The first-order valence-electron chi connectivity index (χ1n) is 5.00. The molecular weight excluding hydrogens is 217 g/mol. The van der Waals surface area contributed by atoms with Gasteiger partial charge in [0.15, 0.2) is 0 Å². The number of hydrogen-bond donors (Lipinski definition) is 1. The molecule has 2 N–H and O–H groups in total. The lowest BCUT2D eigenvalue weighted by Crippen LogP contribution is -2.26. The van der Waals surface area contributed by atoms with E-state index < -0.39 is 6.17 Å². The minimum absolute atomic E-state index is 0.177. The average molecular weight is 234 g/mol. The maximum absolute atomic E-state index is 14.2. The summed E-state index contributed by atoms with van der Waals surface area (Å²) >= 11 is 5.88. The number of aromatic nitrogens is 2. The number of halogens is 2. The molecule has 0 aliphatic carbocycles.